The van der Waals surface area contributed by atoms with E-state index in [0.29, 0.717) is 52.9 Å². The summed E-state index contributed by atoms with van der Waals surface area (Å²) in [5, 5.41) is 0. The summed E-state index contributed by atoms with van der Waals surface area (Å²) in [6, 6.07) is 0. The lowest BCUT2D eigenvalue weighted by Crippen LogP contribution is -2.52. The molecule has 0 radical (unpaired) electrons. The van der Waals surface area contributed by atoms with Crippen molar-refractivity contribution >= 4 is 0 Å². The quantitative estimate of drug-likeness (QED) is 0.611. The van der Waals surface area contributed by atoms with Gasteiger partial charge >= 0.3 is 0 Å². The maximum atomic E-state index is 7.19. The third kappa shape index (κ3) is 2.19. The highest BCUT2D eigenvalue weighted by Gasteiger charge is 2.96. The predicted octanol–water partition coefficient (Wildman–Crippen LogP) is 1.76. The highest BCUT2D eigenvalue weighted by Crippen LogP contribution is 2.93. The Morgan fingerprint density at radius 3 is 1.24 bits per heavy atom. The van der Waals surface area contributed by atoms with Crippen molar-refractivity contribution in [1.29, 1.82) is 0 Å². The van der Waals surface area contributed by atoms with Gasteiger partial charge in [0.2, 0.25) is 0 Å². The molecule has 3 aliphatic heterocycles. The summed E-state index contributed by atoms with van der Waals surface area (Å²) in [5.41, 5.74) is 0.260. The first-order valence-corrected chi connectivity index (χ1v) is 12.0. The Kier molecular flexibility index (Phi) is 4.19. The summed E-state index contributed by atoms with van der Waals surface area (Å²) in [4.78, 5) is 0. The molecule has 0 aromatic carbocycles. The van der Waals surface area contributed by atoms with Crippen molar-refractivity contribution in [2.75, 3.05) is 66.1 Å². The molecule has 0 amide bonds. The Balaban J connectivity index is 1.07. The summed E-state index contributed by atoms with van der Waals surface area (Å²) < 4.78 is 35.9. The van der Waals surface area contributed by atoms with E-state index in [1.54, 1.807) is 0 Å². The molecule has 8 fully saturated rings. The van der Waals surface area contributed by atoms with Crippen LogP contribution in [0.4, 0.5) is 0 Å². The zero-order valence-corrected chi connectivity index (χ0v) is 17.3. The minimum Gasteiger partial charge on any atom is -0.379 e. The fourth-order valence-corrected chi connectivity index (χ4v) is 9.73. The Morgan fingerprint density at radius 1 is 0.448 bits per heavy atom. The van der Waals surface area contributed by atoms with Crippen molar-refractivity contribution in [3.63, 3.8) is 0 Å². The third-order valence-electron chi connectivity index (χ3n) is 9.90. The van der Waals surface area contributed by atoms with Gasteiger partial charge in [-0.3, -0.25) is 0 Å². The predicted molar refractivity (Wildman–Crippen MR) is 102 cm³/mol. The Morgan fingerprint density at radius 2 is 0.828 bits per heavy atom. The molecular weight excluding hydrogens is 372 g/mol. The minimum atomic E-state index is 0.130. The van der Waals surface area contributed by atoms with Gasteiger partial charge in [-0.15, -0.1) is 0 Å². The molecule has 0 aromatic rings. The molecule has 5 saturated carbocycles. The first kappa shape index (κ1) is 18.3. The summed E-state index contributed by atoms with van der Waals surface area (Å²) in [7, 11) is 0. The SMILES string of the molecule is C1COCCOCCC23OC4(CCOCCOCCO1)C1C5CC(C6C5C4C62)C13. The molecule has 6 heteroatoms. The zero-order valence-electron chi connectivity index (χ0n) is 17.3. The Bertz CT molecular complexity index is 601. The van der Waals surface area contributed by atoms with Crippen LogP contribution in [-0.2, 0) is 28.4 Å². The van der Waals surface area contributed by atoms with Crippen molar-refractivity contribution in [3.8, 4) is 0 Å². The average molecular weight is 407 g/mol. The van der Waals surface area contributed by atoms with Gasteiger partial charge in [0.1, 0.15) is 0 Å². The van der Waals surface area contributed by atoms with Gasteiger partial charge in [-0.2, -0.15) is 0 Å². The van der Waals surface area contributed by atoms with Gasteiger partial charge in [-0.1, -0.05) is 0 Å². The van der Waals surface area contributed by atoms with Crippen LogP contribution in [0.15, 0.2) is 0 Å². The highest BCUT2D eigenvalue weighted by atomic mass is 16.6. The van der Waals surface area contributed by atoms with E-state index in [2.05, 4.69) is 0 Å². The highest BCUT2D eigenvalue weighted by molar-refractivity contribution is 5.43. The van der Waals surface area contributed by atoms with Crippen LogP contribution in [0.1, 0.15) is 19.3 Å². The van der Waals surface area contributed by atoms with E-state index < -0.39 is 0 Å². The van der Waals surface area contributed by atoms with Crippen LogP contribution in [0.25, 0.3) is 0 Å². The monoisotopic (exact) mass is 406 g/mol. The van der Waals surface area contributed by atoms with E-state index in [4.69, 9.17) is 28.4 Å². The van der Waals surface area contributed by atoms with E-state index in [1.807, 2.05) is 0 Å². The molecule has 0 N–H and O–H groups in total. The summed E-state index contributed by atoms with van der Waals surface area (Å²) in [6.07, 6.45) is 3.67. The van der Waals surface area contributed by atoms with E-state index >= 15 is 0 Å². The van der Waals surface area contributed by atoms with E-state index in [9.17, 15) is 0 Å². The molecule has 10 atom stereocenters. The Hall–Kier alpha value is -0.240. The lowest BCUT2D eigenvalue weighted by atomic mass is 9.54. The fraction of sp³-hybridized carbons (Fsp3) is 1.00. The molecule has 3 heterocycles. The molecule has 29 heavy (non-hydrogen) atoms. The van der Waals surface area contributed by atoms with Gasteiger partial charge in [0.15, 0.2) is 0 Å². The second-order valence-electron chi connectivity index (χ2n) is 10.4. The Labute approximate surface area is 172 Å². The largest absolute Gasteiger partial charge is 0.379 e. The van der Waals surface area contributed by atoms with Crippen LogP contribution in [0.2, 0.25) is 0 Å². The van der Waals surface area contributed by atoms with Crippen LogP contribution < -0.4 is 0 Å². The minimum absolute atomic E-state index is 0.130. The molecule has 8 rings (SSSR count). The number of rotatable bonds is 0. The summed E-state index contributed by atoms with van der Waals surface area (Å²) >= 11 is 0. The zero-order chi connectivity index (χ0) is 19.1. The van der Waals surface area contributed by atoms with Crippen LogP contribution in [0, 0.1) is 47.3 Å². The molecule has 162 valence electrons. The van der Waals surface area contributed by atoms with E-state index in [0.717, 1.165) is 73.4 Å². The smallest absolute Gasteiger partial charge is 0.0781 e. The van der Waals surface area contributed by atoms with Crippen LogP contribution in [0.3, 0.4) is 0 Å². The lowest BCUT2D eigenvalue weighted by Gasteiger charge is -2.48. The summed E-state index contributed by atoms with van der Waals surface area (Å²) in [6.45, 7) is 6.67. The normalized spacial score (nSPS) is 58.8. The van der Waals surface area contributed by atoms with Crippen LogP contribution in [0.5, 0.6) is 0 Å². The first-order valence-electron chi connectivity index (χ1n) is 12.0. The lowest BCUT2D eigenvalue weighted by molar-refractivity contribution is -0.0992. The average Bonchev–Trinajstić information content (AvgIpc) is 3.36. The van der Waals surface area contributed by atoms with Gasteiger partial charge < -0.3 is 28.4 Å². The van der Waals surface area contributed by atoms with E-state index in [1.165, 1.54) is 6.42 Å². The van der Waals surface area contributed by atoms with Gasteiger partial charge in [-0.05, 0) is 53.8 Å². The molecule has 3 saturated heterocycles. The molecule has 0 aromatic heterocycles. The number of hydrogen-bond donors (Lipinski definition) is 0. The molecule has 5 aliphatic carbocycles. The molecule has 6 nitrogen and oxygen atoms in total. The maximum Gasteiger partial charge on any atom is 0.0781 e. The van der Waals surface area contributed by atoms with Gasteiger partial charge in [0.25, 0.3) is 0 Å². The fourth-order valence-electron chi connectivity index (χ4n) is 9.73. The molecule has 8 aliphatic rings. The van der Waals surface area contributed by atoms with Crippen molar-refractivity contribution in [3.05, 3.63) is 0 Å². The molecule has 2 spiro atoms. The van der Waals surface area contributed by atoms with E-state index in [-0.39, 0.29) is 11.2 Å². The topological polar surface area (TPSA) is 55.4 Å². The van der Waals surface area contributed by atoms with Crippen LogP contribution >= 0.6 is 0 Å². The second-order valence-corrected chi connectivity index (χ2v) is 10.4. The van der Waals surface area contributed by atoms with Crippen molar-refractivity contribution in [2.24, 2.45) is 47.3 Å². The first-order chi connectivity index (χ1) is 14.4. The standard InChI is InChI=1S/C23H34O6/c1-3-24-5-7-26-9-11-28-12-10-27-8-6-25-4-2-23-19-15-13-14-16-17(15)21(23)20(16)22(1,29-23)18(14)19/h14-21H,1-13H2. The number of ether oxygens (including phenoxy) is 6. The third-order valence-corrected chi connectivity index (χ3v) is 9.90. The summed E-state index contributed by atoms with van der Waals surface area (Å²) in [5.74, 6) is 7.14. The van der Waals surface area contributed by atoms with Crippen molar-refractivity contribution < 1.29 is 28.4 Å². The van der Waals surface area contributed by atoms with Crippen LogP contribution in [-0.4, -0.2) is 77.3 Å². The number of hydrogen-bond acceptors (Lipinski definition) is 6. The van der Waals surface area contributed by atoms with Crippen molar-refractivity contribution in [1.82, 2.24) is 0 Å². The molecule has 10 unspecified atom stereocenters. The van der Waals surface area contributed by atoms with Gasteiger partial charge in [0.05, 0.1) is 64.1 Å². The maximum absolute atomic E-state index is 7.19. The molecular formula is C23H34O6. The second kappa shape index (κ2) is 6.63. The molecule has 4 bridgehead atoms. The van der Waals surface area contributed by atoms with Gasteiger partial charge in [-0.25, -0.2) is 0 Å². The van der Waals surface area contributed by atoms with Crippen molar-refractivity contribution in [2.45, 2.75) is 30.5 Å². The van der Waals surface area contributed by atoms with Gasteiger partial charge in [0, 0.05) is 26.1 Å².